The monoisotopic (exact) mass is 331 g/mol. The molecule has 18 heavy (non-hydrogen) atoms. The molecule has 5 heteroatoms. The molecule has 1 aromatic rings. The average Bonchev–Trinajstić information content (AvgIpc) is 2.32. The second-order valence-electron chi connectivity index (χ2n) is 4.58. The van der Waals surface area contributed by atoms with E-state index in [2.05, 4.69) is 20.9 Å². The minimum atomic E-state index is -0.249. The summed E-state index contributed by atoms with van der Waals surface area (Å²) in [6.45, 7) is 0. The molecule has 98 valence electrons. The molecule has 0 aliphatic heterocycles. The number of aliphatic hydroxyl groups is 1. The van der Waals surface area contributed by atoms with Gasteiger partial charge in [-0.15, -0.1) is 0 Å². The number of halogens is 2. The predicted octanol–water partition coefficient (Wildman–Crippen LogP) is 3.53. The van der Waals surface area contributed by atoms with Gasteiger partial charge in [-0.3, -0.25) is 4.99 Å². The van der Waals surface area contributed by atoms with Gasteiger partial charge in [0.25, 0.3) is 0 Å². The van der Waals surface area contributed by atoms with E-state index in [0.717, 1.165) is 23.7 Å². The number of phenols is 1. The topological polar surface area (TPSA) is 52.8 Å². The average molecular weight is 333 g/mol. The van der Waals surface area contributed by atoms with Gasteiger partial charge in [-0.2, -0.15) is 0 Å². The first kappa shape index (κ1) is 13.8. The first-order valence-electron chi connectivity index (χ1n) is 5.95. The Labute approximate surface area is 120 Å². The van der Waals surface area contributed by atoms with Crippen LogP contribution in [0.1, 0.15) is 31.2 Å². The number of hydrogen-bond donors (Lipinski definition) is 2. The van der Waals surface area contributed by atoms with Crippen LogP contribution in [0.2, 0.25) is 5.02 Å². The van der Waals surface area contributed by atoms with Crippen LogP contribution >= 0.6 is 27.5 Å². The molecule has 0 bridgehead atoms. The number of benzene rings is 1. The van der Waals surface area contributed by atoms with E-state index in [9.17, 15) is 10.2 Å². The highest BCUT2D eigenvalue weighted by Gasteiger charge is 2.18. The fourth-order valence-corrected chi connectivity index (χ4v) is 2.98. The van der Waals surface area contributed by atoms with Crippen molar-refractivity contribution in [1.29, 1.82) is 0 Å². The first-order valence-corrected chi connectivity index (χ1v) is 7.12. The van der Waals surface area contributed by atoms with Crippen molar-refractivity contribution in [2.24, 2.45) is 4.99 Å². The third-order valence-corrected chi connectivity index (χ3v) is 3.85. The van der Waals surface area contributed by atoms with Gasteiger partial charge in [0.1, 0.15) is 5.75 Å². The van der Waals surface area contributed by atoms with Gasteiger partial charge in [-0.05, 0) is 37.8 Å². The van der Waals surface area contributed by atoms with Crippen LogP contribution in [-0.4, -0.2) is 28.6 Å². The lowest BCUT2D eigenvalue weighted by Crippen LogP contribution is -2.22. The van der Waals surface area contributed by atoms with Crippen molar-refractivity contribution in [2.45, 2.75) is 37.8 Å². The highest BCUT2D eigenvalue weighted by atomic mass is 79.9. The molecular weight excluding hydrogens is 318 g/mol. The molecule has 2 N–H and O–H groups in total. The quantitative estimate of drug-likeness (QED) is 0.814. The summed E-state index contributed by atoms with van der Waals surface area (Å²) in [6, 6.07) is 3.54. The van der Waals surface area contributed by atoms with Gasteiger partial charge in [0.15, 0.2) is 0 Å². The van der Waals surface area contributed by atoms with Crippen LogP contribution in [0, 0.1) is 0 Å². The number of nitrogens with zero attached hydrogens (tertiary/aromatic N) is 1. The standard InChI is InChI=1S/C13H15BrClNO2/c14-9-4-8(13(18)12(15)5-9)7-16-10-2-1-3-11(17)6-10/h4-5,7,10-11,17-18H,1-3,6H2/t10-,11+/m1/s1. The van der Waals surface area contributed by atoms with Crippen molar-refractivity contribution >= 4 is 33.7 Å². The lowest BCUT2D eigenvalue weighted by molar-refractivity contribution is 0.121. The highest BCUT2D eigenvalue weighted by molar-refractivity contribution is 9.10. The van der Waals surface area contributed by atoms with Crippen molar-refractivity contribution in [1.82, 2.24) is 0 Å². The third kappa shape index (κ3) is 3.46. The Morgan fingerprint density at radius 2 is 2.17 bits per heavy atom. The van der Waals surface area contributed by atoms with Crippen molar-refractivity contribution in [3.8, 4) is 5.75 Å². The second-order valence-corrected chi connectivity index (χ2v) is 5.90. The molecule has 1 aliphatic carbocycles. The molecule has 3 nitrogen and oxygen atoms in total. The van der Waals surface area contributed by atoms with Crippen LogP contribution in [0.4, 0.5) is 0 Å². The number of aliphatic imine (C=N–C) groups is 1. The molecule has 0 amide bonds. The van der Waals surface area contributed by atoms with Gasteiger partial charge in [0.2, 0.25) is 0 Å². The Kier molecular flexibility index (Phi) is 4.65. The Hall–Kier alpha value is -0.580. The van der Waals surface area contributed by atoms with Gasteiger partial charge in [0.05, 0.1) is 17.2 Å². The van der Waals surface area contributed by atoms with E-state index in [0.29, 0.717) is 17.0 Å². The second kappa shape index (κ2) is 6.04. The molecule has 2 atom stereocenters. The molecule has 0 aromatic heterocycles. The summed E-state index contributed by atoms with van der Waals surface area (Å²) in [5, 5.41) is 19.7. The first-order chi connectivity index (χ1) is 8.56. The number of hydrogen-bond acceptors (Lipinski definition) is 3. The smallest absolute Gasteiger partial charge is 0.142 e. The maximum atomic E-state index is 9.81. The van der Waals surface area contributed by atoms with Gasteiger partial charge in [-0.25, -0.2) is 0 Å². The van der Waals surface area contributed by atoms with Crippen LogP contribution in [0.15, 0.2) is 21.6 Å². The fourth-order valence-electron chi connectivity index (χ4n) is 2.14. The Morgan fingerprint density at radius 3 is 2.89 bits per heavy atom. The van der Waals surface area contributed by atoms with Crippen LogP contribution in [0.5, 0.6) is 5.75 Å². The summed E-state index contributed by atoms with van der Waals surface area (Å²) in [7, 11) is 0. The van der Waals surface area contributed by atoms with Crippen molar-refractivity contribution in [2.75, 3.05) is 0 Å². The predicted molar refractivity (Wildman–Crippen MR) is 76.7 cm³/mol. The Balaban J connectivity index is 2.13. The van der Waals surface area contributed by atoms with Crippen LogP contribution in [0.3, 0.4) is 0 Å². The highest BCUT2D eigenvalue weighted by Crippen LogP contribution is 2.30. The summed E-state index contributed by atoms with van der Waals surface area (Å²) in [5.74, 6) is 0.0416. The van der Waals surface area contributed by atoms with Crippen molar-refractivity contribution in [3.63, 3.8) is 0 Å². The Morgan fingerprint density at radius 1 is 1.39 bits per heavy atom. The minimum absolute atomic E-state index is 0.0416. The maximum Gasteiger partial charge on any atom is 0.142 e. The molecule has 0 saturated heterocycles. The summed E-state index contributed by atoms with van der Waals surface area (Å²) >= 11 is 9.21. The van der Waals surface area contributed by atoms with Gasteiger partial charge in [-0.1, -0.05) is 27.5 Å². The summed E-state index contributed by atoms with van der Waals surface area (Å²) in [4.78, 5) is 4.42. The normalized spacial score (nSPS) is 24.6. The molecule has 1 aliphatic rings. The van der Waals surface area contributed by atoms with E-state index in [1.165, 1.54) is 0 Å². The summed E-state index contributed by atoms with van der Waals surface area (Å²) in [6.07, 6.45) is 4.92. The molecule has 0 heterocycles. The van der Waals surface area contributed by atoms with E-state index < -0.39 is 0 Å². The zero-order valence-electron chi connectivity index (χ0n) is 9.81. The molecule has 2 rings (SSSR count). The minimum Gasteiger partial charge on any atom is -0.506 e. The Bertz CT molecular complexity index is 465. The number of aliphatic hydroxyl groups excluding tert-OH is 1. The van der Waals surface area contributed by atoms with E-state index >= 15 is 0 Å². The largest absolute Gasteiger partial charge is 0.506 e. The van der Waals surface area contributed by atoms with Gasteiger partial charge in [0, 0.05) is 16.3 Å². The van der Waals surface area contributed by atoms with Crippen LogP contribution in [-0.2, 0) is 0 Å². The van der Waals surface area contributed by atoms with E-state index in [4.69, 9.17) is 11.6 Å². The van der Waals surface area contributed by atoms with Crippen molar-refractivity contribution < 1.29 is 10.2 Å². The zero-order chi connectivity index (χ0) is 13.1. The molecule has 0 radical (unpaired) electrons. The number of rotatable bonds is 2. The third-order valence-electron chi connectivity index (χ3n) is 3.10. The summed E-state index contributed by atoms with van der Waals surface area (Å²) in [5.41, 5.74) is 0.592. The molecular formula is C13H15BrClNO2. The molecule has 1 aromatic carbocycles. The molecule has 0 unspecified atom stereocenters. The SMILES string of the molecule is Oc1c(Cl)cc(Br)cc1C=N[C@@H]1CCC[C@H](O)C1. The summed E-state index contributed by atoms with van der Waals surface area (Å²) < 4.78 is 0.801. The van der Waals surface area contributed by atoms with E-state index in [1.807, 2.05) is 0 Å². The van der Waals surface area contributed by atoms with Gasteiger partial charge >= 0.3 is 0 Å². The zero-order valence-corrected chi connectivity index (χ0v) is 12.2. The molecule has 1 fully saturated rings. The maximum absolute atomic E-state index is 9.81. The van der Waals surface area contributed by atoms with Crippen LogP contribution in [0.25, 0.3) is 0 Å². The lowest BCUT2D eigenvalue weighted by Gasteiger charge is -2.22. The van der Waals surface area contributed by atoms with E-state index in [1.54, 1.807) is 18.3 Å². The lowest BCUT2D eigenvalue weighted by atomic mass is 9.93. The fraction of sp³-hybridized carbons (Fsp3) is 0.462. The number of phenolic OH excluding ortho intramolecular Hbond substituents is 1. The van der Waals surface area contributed by atoms with Crippen LogP contribution < -0.4 is 0 Å². The van der Waals surface area contributed by atoms with Gasteiger partial charge < -0.3 is 10.2 Å². The van der Waals surface area contributed by atoms with Crippen molar-refractivity contribution in [3.05, 3.63) is 27.2 Å². The molecule has 0 spiro atoms. The number of aromatic hydroxyl groups is 1. The van der Waals surface area contributed by atoms with E-state index in [-0.39, 0.29) is 17.9 Å². The molecule has 1 saturated carbocycles.